The van der Waals surface area contributed by atoms with Crippen molar-refractivity contribution >= 4 is 17.6 Å². The summed E-state index contributed by atoms with van der Waals surface area (Å²) in [5.41, 5.74) is 0.736. The molecular weight excluding hydrogens is 431 g/mol. The summed E-state index contributed by atoms with van der Waals surface area (Å²) in [6, 6.07) is 15.4. The van der Waals surface area contributed by atoms with Gasteiger partial charge in [0.25, 0.3) is 5.91 Å². The van der Waals surface area contributed by atoms with Crippen LogP contribution in [0.5, 0.6) is 0 Å². The molecule has 0 saturated heterocycles. The van der Waals surface area contributed by atoms with Gasteiger partial charge in [-0.15, -0.1) is 0 Å². The van der Waals surface area contributed by atoms with Crippen molar-refractivity contribution in [3.8, 4) is 11.1 Å². The first-order valence-electron chi connectivity index (χ1n) is 10.4. The van der Waals surface area contributed by atoms with Crippen molar-refractivity contribution in [2.75, 3.05) is 18.6 Å². The average Bonchev–Trinajstić information content (AvgIpc) is 2.77. The molecule has 1 amide bonds. The standard InChI is InChI=1S/C26H24F3NO3/c1-5-33-25(32)19-14-16(2)22(17(3)15-19)24(31)30(4)21-13-9-12-20(23(21)26(27,28)29)18-10-7-6-8-11-18/h6-15H,5H2,1-4H3. The van der Waals surface area contributed by atoms with Gasteiger partial charge in [0.1, 0.15) is 0 Å². The van der Waals surface area contributed by atoms with E-state index in [-0.39, 0.29) is 29.0 Å². The molecule has 0 bridgehead atoms. The number of hydrogen-bond donors (Lipinski definition) is 0. The topological polar surface area (TPSA) is 46.6 Å². The molecule has 0 saturated carbocycles. The molecule has 33 heavy (non-hydrogen) atoms. The van der Waals surface area contributed by atoms with Crippen molar-refractivity contribution in [3.63, 3.8) is 0 Å². The van der Waals surface area contributed by atoms with E-state index < -0.39 is 23.6 Å². The minimum absolute atomic E-state index is 0.00801. The summed E-state index contributed by atoms with van der Waals surface area (Å²) in [6.45, 7) is 5.17. The highest BCUT2D eigenvalue weighted by molar-refractivity contribution is 6.09. The van der Waals surface area contributed by atoms with Gasteiger partial charge in [0.2, 0.25) is 0 Å². The number of anilines is 1. The third-order valence-corrected chi connectivity index (χ3v) is 5.33. The first-order valence-corrected chi connectivity index (χ1v) is 10.4. The first-order chi connectivity index (χ1) is 15.6. The molecule has 3 aromatic rings. The minimum atomic E-state index is -4.69. The van der Waals surface area contributed by atoms with E-state index in [0.717, 1.165) is 4.90 Å². The minimum Gasteiger partial charge on any atom is -0.462 e. The number of esters is 1. The lowest BCUT2D eigenvalue weighted by molar-refractivity contribution is -0.136. The molecule has 3 rings (SSSR count). The number of carbonyl (C=O) groups is 2. The van der Waals surface area contributed by atoms with Crippen molar-refractivity contribution in [2.24, 2.45) is 0 Å². The summed E-state index contributed by atoms with van der Waals surface area (Å²) in [7, 11) is 1.32. The number of rotatable bonds is 5. The molecule has 0 aliphatic carbocycles. The molecule has 4 nitrogen and oxygen atoms in total. The Bertz CT molecular complexity index is 1160. The highest BCUT2D eigenvalue weighted by Gasteiger charge is 2.38. The summed E-state index contributed by atoms with van der Waals surface area (Å²) < 4.78 is 47.6. The van der Waals surface area contributed by atoms with Gasteiger partial charge in [0.15, 0.2) is 0 Å². The van der Waals surface area contributed by atoms with Gasteiger partial charge in [-0.1, -0.05) is 42.5 Å². The highest BCUT2D eigenvalue weighted by atomic mass is 19.4. The van der Waals surface area contributed by atoms with E-state index in [2.05, 4.69) is 0 Å². The van der Waals surface area contributed by atoms with Crippen LogP contribution in [-0.4, -0.2) is 25.5 Å². The fourth-order valence-corrected chi connectivity index (χ4v) is 3.89. The number of hydrogen-bond acceptors (Lipinski definition) is 3. The molecule has 0 spiro atoms. The maximum Gasteiger partial charge on any atom is 0.419 e. The zero-order valence-corrected chi connectivity index (χ0v) is 18.8. The Labute approximate surface area is 190 Å². The molecule has 0 fully saturated rings. The molecule has 3 aromatic carbocycles. The van der Waals surface area contributed by atoms with Crippen molar-refractivity contribution in [3.05, 3.63) is 88.5 Å². The number of aryl methyl sites for hydroxylation is 2. The molecular formula is C26H24F3NO3. The molecule has 0 radical (unpaired) electrons. The van der Waals surface area contributed by atoms with E-state index in [4.69, 9.17) is 4.74 Å². The van der Waals surface area contributed by atoms with Crippen LogP contribution in [0.25, 0.3) is 11.1 Å². The number of alkyl halides is 3. The highest BCUT2D eigenvalue weighted by Crippen LogP contribution is 2.43. The predicted molar refractivity (Wildman–Crippen MR) is 121 cm³/mol. The number of nitrogens with zero attached hydrogens (tertiary/aromatic N) is 1. The van der Waals surface area contributed by atoms with Gasteiger partial charge in [-0.3, -0.25) is 4.79 Å². The molecule has 172 valence electrons. The third-order valence-electron chi connectivity index (χ3n) is 5.33. The lowest BCUT2D eigenvalue weighted by Crippen LogP contribution is -2.30. The van der Waals surface area contributed by atoms with E-state index in [1.165, 1.54) is 37.4 Å². The van der Waals surface area contributed by atoms with Crippen LogP contribution in [0.15, 0.2) is 60.7 Å². The Morgan fingerprint density at radius 3 is 2.09 bits per heavy atom. The van der Waals surface area contributed by atoms with Gasteiger partial charge >= 0.3 is 12.1 Å². The Hall–Kier alpha value is -3.61. The van der Waals surface area contributed by atoms with E-state index in [1.54, 1.807) is 51.1 Å². The van der Waals surface area contributed by atoms with E-state index in [9.17, 15) is 22.8 Å². The number of benzene rings is 3. The SMILES string of the molecule is CCOC(=O)c1cc(C)c(C(=O)N(C)c2cccc(-c3ccccc3)c2C(F)(F)F)c(C)c1. The molecule has 0 aliphatic heterocycles. The fourth-order valence-electron chi connectivity index (χ4n) is 3.89. The zero-order chi connectivity index (χ0) is 24.3. The Kier molecular flexibility index (Phi) is 6.91. The molecule has 0 aromatic heterocycles. The number of carbonyl (C=O) groups excluding carboxylic acids is 2. The van der Waals surface area contributed by atoms with Crippen LogP contribution < -0.4 is 4.90 Å². The normalized spacial score (nSPS) is 11.2. The Morgan fingerprint density at radius 2 is 1.55 bits per heavy atom. The zero-order valence-electron chi connectivity index (χ0n) is 18.8. The number of amides is 1. The van der Waals surface area contributed by atoms with Crippen LogP contribution in [-0.2, 0) is 10.9 Å². The molecule has 7 heteroatoms. The van der Waals surface area contributed by atoms with Gasteiger partial charge in [-0.25, -0.2) is 4.79 Å². The summed E-state index contributed by atoms with van der Waals surface area (Å²) >= 11 is 0. The van der Waals surface area contributed by atoms with E-state index in [1.807, 2.05) is 0 Å². The average molecular weight is 455 g/mol. The van der Waals surface area contributed by atoms with Gasteiger partial charge in [0, 0.05) is 12.6 Å². The number of ether oxygens (including phenoxy) is 1. The van der Waals surface area contributed by atoms with Crippen molar-refractivity contribution in [2.45, 2.75) is 26.9 Å². The summed E-state index contributed by atoms with van der Waals surface area (Å²) in [4.78, 5) is 26.4. The second kappa shape index (κ2) is 9.48. The molecule has 0 heterocycles. The summed E-state index contributed by atoms with van der Waals surface area (Å²) in [5.74, 6) is -1.12. The van der Waals surface area contributed by atoms with E-state index in [0.29, 0.717) is 16.7 Å². The quantitative estimate of drug-likeness (QED) is 0.416. The Morgan fingerprint density at radius 1 is 0.939 bits per heavy atom. The van der Waals surface area contributed by atoms with Gasteiger partial charge < -0.3 is 9.64 Å². The van der Waals surface area contributed by atoms with E-state index >= 15 is 0 Å². The van der Waals surface area contributed by atoms with Crippen LogP contribution in [0.1, 0.15) is 44.3 Å². The van der Waals surface area contributed by atoms with Gasteiger partial charge in [0.05, 0.1) is 23.4 Å². The largest absolute Gasteiger partial charge is 0.462 e. The number of halogens is 3. The van der Waals surface area contributed by atoms with Gasteiger partial charge in [-0.2, -0.15) is 13.2 Å². The second-order valence-corrected chi connectivity index (χ2v) is 7.63. The second-order valence-electron chi connectivity index (χ2n) is 7.63. The third kappa shape index (κ3) is 4.92. The summed E-state index contributed by atoms with van der Waals surface area (Å²) in [5, 5.41) is 0. The van der Waals surface area contributed by atoms with Gasteiger partial charge in [-0.05, 0) is 61.2 Å². The smallest absolute Gasteiger partial charge is 0.419 e. The molecule has 0 atom stereocenters. The van der Waals surface area contributed by atoms with Crippen molar-refractivity contribution < 1.29 is 27.5 Å². The first kappa shape index (κ1) is 24.0. The summed E-state index contributed by atoms with van der Waals surface area (Å²) in [6.07, 6.45) is -4.69. The Balaban J connectivity index is 2.10. The van der Waals surface area contributed by atoms with Crippen LogP contribution in [0, 0.1) is 13.8 Å². The van der Waals surface area contributed by atoms with Crippen LogP contribution >= 0.6 is 0 Å². The maximum absolute atomic E-state index is 14.2. The lowest BCUT2D eigenvalue weighted by Gasteiger charge is -2.25. The maximum atomic E-state index is 14.2. The predicted octanol–water partition coefficient (Wildman–Crippen LogP) is 6.44. The molecule has 0 aliphatic rings. The molecule has 0 unspecified atom stereocenters. The van der Waals surface area contributed by atoms with Crippen LogP contribution in [0.3, 0.4) is 0 Å². The lowest BCUT2D eigenvalue weighted by atomic mass is 9.95. The molecule has 0 N–H and O–H groups in total. The monoisotopic (exact) mass is 455 g/mol. The van der Waals surface area contributed by atoms with Crippen molar-refractivity contribution in [1.29, 1.82) is 0 Å². The van der Waals surface area contributed by atoms with Crippen LogP contribution in [0.4, 0.5) is 18.9 Å². The van der Waals surface area contributed by atoms with Crippen LogP contribution in [0.2, 0.25) is 0 Å². The fraction of sp³-hybridized carbons (Fsp3) is 0.231. The van der Waals surface area contributed by atoms with Crippen molar-refractivity contribution in [1.82, 2.24) is 0 Å².